The third-order valence-electron chi connectivity index (χ3n) is 3.09. The topological polar surface area (TPSA) is 42.4 Å². The van der Waals surface area contributed by atoms with E-state index in [-0.39, 0.29) is 6.10 Å². The lowest BCUT2D eigenvalue weighted by atomic mass is 10.1. The Morgan fingerprint density at radius 1 is 1.32 bits per heavy atom. The van der Waals surface area contributed by atoms with Crippen LogP contribution in [0.3, 0.4) is 0 Å². The van der Waals surface area contributed by atoms with E-state index in [9.17, 15) is 5.11 Å². The summed E-state index contributed by atoms with van der Waals surface area (Å²) < 4.78 is 5.70. The molecule has 0 spiro atoms. The molecular weight excluding hydrogens is 258 g/mol. The van der Waals surface area contributed by atoms with E-state index < -0.39 is 0 Å². The molecule has 0 amide bonds. The summed E-state index contributed by atoms with van der Waals surface area (Å²) in [5.41, 5.74) is 3.90. The highest BCUT2D eigenvalue weighted by atomic mass is 32.1. The third-order valence-corrected chi connectivity index (χ3v) is 4.09. The van der Waals surface area contributed by atoms with E-state index in [2.05, 4.69) is 4.98 Å². The van der Waals surface area contributed by atoms with Crippen LogP contribution in [0.2, 0.25) is 0 Å². The van der Waals surface area contributed by atoms with Crippen molar-refractivity contribution >= 4 is 11.3 Å². The summed E-state index contributed by atoms with van der Waals surface area (Å²) in [6.45, 7) is 4.64. The molecule has 0 bridgehead atoms. The lowest BCUT2D eigenvalue weighted by molar-refractivity contribution is 0.173. The highest BCUT2D eigenvalue weighted by Crippen LogP contribution is 2.20. The quantitative estimate of drug-likeness (QED) is 0.878. The summed E-state index contributed by atoms with van der Waals surface area (Å²) >= 11 is 1.67. The summed E-state index contributed by atoms with van der Waals surface area (Å²) in [7, 11) is 0. The number of aliphatic hydroxyl groups is 1. The molecule has 0 aliphatic heterocycles. The van der Waals surface area contributed by atoms with Gasteiger partial charge < -0.3 is 9.84 Å². The predicted octanol–water partition coefficient (Wildman–Crippen LogP) is 3.52. The minimum atomic E-state index is -0.381. The monoisotopic (exact) mass is 277 g/mol. The molecule has 1 aromatic carbocycles. The Hall–Kier alpha value is -1.39. The van der Waals surface area contributed by atoms with E-state index in [0.717, 1.165) is 29.8 Å². The largest absolute Gasteiger partial charge is 0.493 e. The maximum absolute atomic E-state index is 9.71. The maximum atomic E-state index is 9.71. The van der Waals surface area contributed by atoms with Gasteiger partial charge >= 0.3 is 0 Å². The first-order valence-corrected chi connectivity index (χ1v) is 7.38. The van der Waals surface area contributed by atoms with Crippen LogP contribution in [-0.4, -0.2) is 16.7 Å². The average Bonchev–Trinajstić information content (AvgIpc) is 2.84. The normalized spacial score (nSPS) is 12.4. The number of benzene rings is 1. The van der Waals surface area contributed by atoms with Gasteiger partial charge in [-0.2, -0.15) is 0 Å². The summed E-state index contributed by atoms with van der Waals surface area (Å²) in [6, 6.07) is 7.66. The fraction of sp³-hybridized carbons (Fsp3) is 0.400. The number of aryl methyl sites for hydroxylation is 1. The molecule has 0 radical (unpaired) electrons. The van der Waals surface area contributed by atoms with Crippen molar-refractivity contribution in [1.29, 1.82) is 0 Å². The number of aromatic nitrogens is 1. The van der Waals surface area contributed by atoms with Gasteiger partial charge in [0.1, 0.15) is 5.75 Å². The third kappa shape index (κ3) is 3.78. The van der Waals surface area contributed by atoms with Crippen LogP contribution >= 0.6 is 11.3 Å². The second-order valence-electron chi connectivity index (χ2n) is 4.45. The number of thiazole rings is 1. The molecule has 1 heterocycles. The van der Waals surface area contributed by atoms with Crippen molar-refractivity contribution in [3.8, 4) is 5.75 Å². The van der Waals surface area contributed by atoms with Crippen molar-refractivity contribution in [2.75, 3.05) is 6.61 Å². The Balaban J connectivity index is 1.85. The highest BCUT2D eigenvalue weighted by molar-refractivity contribution is 7.09. The van der Waals surface area contributed by atoms with Gasteiger partial charge in [0, 0.05) is 11.3 Å². The molecule has 0 fully saturated rings. The summed E-state index contributed by atoms with van der Waals surface area (Å²) in [5.74, 6) is 0.842. The maximum Gasteiger partial charge on any atom is 0.119 e. The Labute approximate surface area is 117 Å². The van der Waals surface area contributed by atoms with Gasteiger partial charge in [-0.25, -0.2) is 4.98 Å². The molecule has 102 valence electrons. The Morgan fingerprint density at radius 2 is 2.05 bits per heavy atom. The standard InChI is InChI=1S/C15H19NO2S/c1-3-14(17)12-4-6-13(7-5-12)18-9-8-15-11(2)16-10-19-15/h4-7,10,14,17H,3,8-9H2,1-2H3/t14-/m0/s1. The minimum Gasteiger partial charge on any atom is -0.493 e. The molecule has 4 heteroatoms. The van der Waals surface area contributed by atoms with Crippen LogP contribution in [0.1, 0.15) is 35.6 Å². The molecule has 19 heavy (non-hydrogen) atoms. The van der Waals surface area contributed by atoms with Crippen molar-refractivity contribution in [3.05, 3.63) is 45.9 Å². The van der Waals surface area contributed by atoms with Crippen LogP contribution in [0, 0.1) is 6.92 Å². The Morgan fingerprint density at radius 3 is 2.63 bits per heavy atom. The zero-order chi connectivity index (χ0) is 13.7. The second kappa shape index (κ2) is 6.68. The lowest BCUT2D eigenvalue weighted by Crippen LogP contribution is -2.01. The highest BCUT2D eigenvalue weighted by Gasteiger charge is 2.05. The molecule has 0 saturated heterocycles. The van der Waals surface area contributed by atoms with Crippen molar-refractivity contribution in [2.24, 2.45) is 0 Å². The fourth-order valence-electron chi connectivity index (χ4n) is 1.85. The van der Waals surface area contributed by atoms with Gasteiger partial charge in [0.15, 0.2) is 0 Å². The number of hydrogen-bond acceptors (Lipinski definition) is 4. The van der Waals surface area contributed by atoms with Crippen LogP contribution in [0.4, 0.5) is 0 Å². The molecule has 0 aliphatic rings. The van der Waals surface area contributed by atoms with E-state index in [1.807, 2.05) is 43.6 Å². The molecule has 1 atom stereocenters. The van der Waals surface area contributed by atoms with Crippen molar-refractivity contribution in [1.82, 2.24) is 4.98 Å². The van der Waals surface area contributed by atoms with E-state index in [1.165, 1.54) is 4.88 Å². The Bertz CT molecular complexity index is 507. The van der Waals surface area contributed by atoms with E-state index in [1.54, 1.807) is 11.3 Å². The molecule has 2 rings (SSSR count). The zero-order valence-electron chi connectivity index (χ0n) is 11.3. The van der Waals surface area contributed by atoms with Gasteiger partial charge in [-0.1, -0.05) is 19.1 Å². The van der Waals surface area contributed by atoms with Gasteiger partial charge in [0.05, 0.1) is 23.9 Å². The van der Waals surface area contributed by atoms with Crippen molar-refractivity contribution < 1.29 is 9.84 Å². The van der Waals surface area contributed by atoms with Gasteiger partial charge in [-0.3, -0.25) is 0 Å². The summed E-state index contributed by atoms with van der Waals surface area (Å²) in [5, 5.41) is 9.71. The van der Waals surface area contributed by atoms with Gasteiger partial charge in [-0.05, 0) is 31.0 Å². The minimum absolute atomic E-state index is 0.381. The van der Waals surface area contributed by atoms with Gasteiger partial charge in [0.2, 0.25) is 0 Å². The number of hydrogen-bond donors (Lipinski definition) is 1. The van der Waals surface area contributed by atoms with Crippen molar-refractivity contribution in [3.63, 3.8) is 0 Å². The molecule has 1 aromatic heterocycles. The first kappa shape index (κ1) is 14.0. The van der Waals surface area contributed by atoms with E-state index >= 15 is 0 Å². The fourth-order valence-corrected chi connectivity index (χ4v) is 2.61. The van der Waals surface area contributed by atoms with Crippen LogP contribution in [-0.2, 0) is 6.42 Å². The Kier molecular flexibility index (Phi) is 4.93. The van der Waals surface area contributed by atoms with Crippen LogP contribution in [0.25, 0.3) is 0 Å². The molecule has 3 nitrogen and oxygen atoms in total. The first-order chi connectivity index (χ1) is 9.20. The first-order valence-electron chi connectivity index (χ1n) is 6.50. The lowest BCUT2D eigenvalue weighted by Gasteiger charge is -2.10. The van der Waals surface area contributed by atoms with Crippen molar-refractivity contribution in [2.45, 2.75) is 32.8 Å². The summed E-state index contributed by atoms with van der Waals surface area (Å²) in [6.07, 6.45) is 1.23. The number of ether oxygens (including phenoxy) is 1. The predicted molar refractivity (Wildman–Crippen MR) is 77.7 cm³/mol. The smallest absolute Gasteiger partial charge is 0.119 e. The molecular formula is C15H19NO2S. The van der Waals surface area contributed by atoms with Crippen LogP contribution < -0.4 is 4.74 Å². The number of aliphatic hydroxyl groups excluding tert-OH is 1. The molecule has 0 unspecified atom stereocenters. The second-order valence-corrected chi connectivity index (χ2v) is 5.39. The van der Waals surface area contributed by atoms with Crippen LogP contribution in [0.15, 0.2) is 29.8 Å². The molecule has 2 aromatic rings. The zero-order valence-corrected chi connectivity index (χ0v) is 12.1. The van der Waals surface area contributed by atoms with E-state index in [4.69, 9.17) is 4.74 Å². The number of nitrogens with zero attached hydrogens (tertiary/aromatic N) is 1. The van der Waals surface area contributed by atoms with Gasteiger partial charge in [0.25, 0.3) is 0 Å². The molecule has 0 aliphatic carbocycles. The number of rotatable bonds is 6. The summed E-state index contributed by atoms with van der Waals surface area (Å²) in [4.78, 5) is 5.49. The van der Waals surface area contributed by atoms with E-state index in [0.29, 0.717) is 6.61 Å². The molecule has 0 saturated carbocycles. The molecule has 1 N–H and O–H groups in total. The SMILES string of the molecule is CC[C@H](O)c1ccc(OCCc2scnc2C)cc1. The van der Waals surface area contributed by atoms with Gasteiger partial charge in [-0.15, -0.1) is 11.3 Å². The average molecular weight is 277 g/mol. The van der Waals surface area contributed by atoms with Crippen LogP contribution in [0.5, 0.6) is 5.75 Å².